The van der Waals surface area contributed by atoms with Crippen LogP contribution in [0.3, 0.4) is 0 Å². The summed E-state index contributed by atoms with van der Waals surface area (Å²) in [6.45, 7) is 11.2. The molecular formula is C37H52FN5O3. The molecular weight excluding hydrogens is 581 g/mol. The monoisotopic (exact) mass is 633 g/mol. The Morgan fingerprint density at radius 3 is 2.30 bits per heavy atom. The fraction of sp³-hybridized carbons (Fsp3) is 0.649. The fourth-order valence-corrected chi connectivity index (χ4v) is 8.98. The fourth-order valence-electron chi connectivity index (χ4n) is 8.98. The van der Waals surface area contributed by atoms with Gasteiger partial charge in [0.15, 0.2) is 5.58 Å². The molecule has 1 aliphatic carbocycles. The van der Waals surface area contributed by atoms with Crippen LogP contribution in [0.15, 0.2) is 34.9 Å². The van der Waals surface area contributed by atoms with Gasteiger partial charge in [-0.25, -0.2) is 4.39 Å². The van der Waals surface area contributed by atoms with Crippen LogP contribution in [0.25, 0.3) is 11.0 Å². The van der Waals surface area contributed by atoms with E-state index in [2.05, 4.69) is 27.9 Å². The van der Waals surface area contributed by atoms with Crippen molar-refractivity contribution in [3.63, 3.8) is 0 Å². The Kier molecular flexibility index (Phi) is 8.91. The Labute approximate surface area is 272 Å². The number of likely N-dealkylation sites (tertiary alicyclic amines) is 2. The number of hydrogen-bond acceptors (Lipinski definition) is 8. The van der Waals surface area contributed by atoms with Gasteiger partial charge >= 0.3 is 0 Å². The molecule has 0 radical (unpaired) electrons. The molecule has 9 heteroatoms. The van der Waals surface area contributed by atoms with Crippen LogP contribution in [-0.2, 0) is 16.8 Å². The number of aromatic nitrogens is 1. The molecule has 46 heavy (non-hydrogen) atoms. The van der Waals surface area contributed by atoms with E-state index in [4.69, 9.17) is 20.7 Å². The van der Waals surface area contributed by atoms with Gasteiger partial charge in [-0.3, -0.25) is 0 Å². The van der Waals surface area contributed by atoms with Crippen molar-refractivity contribution >= 4 is 11.0 Å². The third kappa shape index (κ3) is 5.87. The molecule has 3 aliphatic heterocycles. The molecule has 5 N–H and O–H groups in total. The van der Waals surface area contributed by atoms with Crippen LogP contribution < -0.4 is 11.5 Å². The molecule has 4 heterocycles. The molecule has 1 aromatic heterocycles. The van der Waals surface area contributed by atoms with Gasteiger partial charge in [0.1, 0.15) is 17.2 Å². The van der Waals surface area contributed by atoms with E-state index in [1.807, 2.05) is 13.0 Å². The van der Waals surface area contributed by atoms with Gasteiger partial charge in [-0.1, -0.05) is 24.2 Å². The molecule has 2 atom stereocenters. The highest BCUT2D eigenvalue weighted by atomic mass is 19.1. The highest BCUT2D eigenvalue weighted by Crippen LogP contribution is 2.53. The number of rotatable bonds is 10. The molecule has 1 saturated carbocycles. The molecule has 4 aliphatic rings. The van der Waals surface area contributed by atoms with Crippen LogP contribution >= 0.6 is 0 Å². The topological polar surface area (TPSA) is 114 Å². The van der Waals surface area contributed by atoms with E-state index < -0.39 is 11.2 Å². The van der Waals surface area contributed by atoms with Crippen molar-refractivity contribution in [2.45, 2.75) is 82.3 Å². The Balaban J connectivity index is 1.10. The molecule has 3 fully saturated rings. The number of aromatic hydroxyl groups is 1. The van der Waals surface area contributed by atoms with E-state index in [0.717, 1.165) is 98.5 Å². The first-order chi connectivity index (χ1) is 22.2. The Morgan fingerprint density at radius 2 is 1.65 bits per heavy atom. The van der Waals surface area contributed by atoms with Crippen molar-refractivity contribution in [1.29, 1.82) is 0 Å². The lowest BCUT2D eigenvalue weighted by Gasteiger charge is -2.57. The Bertz CT molecular complexity index is 1520. The molecule has 0 bridgehead atoms. The lowest BCUT2D eigenvalue weighted by molar-refractivity contribution is -0.229. The summed E-state index contributed by atoms with van der Waals surface area (Å²) < 4.78 is 26.6. The second kappa shape index (κ2) is 12.8. The number of fused-ring (bicyclic) bond motifs is 2. The van der Waals surface area contributed by atoms with Gasteiger partial charge in [0.2, 0.25) is 0 Å². The minimum atomic E-state index is -0.806. The zero-order valence-electron chi connectivity index (χ0n) is 27.6. The number of ether oxygens (including phenoxy) is 1. The predicted octanol–water partition coefficient (Wildman–Crippen LogP) is 5.43. The van der Waals surface area contributed by atoms with Crippen LogP contribution in [0.4, 0.5) is 4.39 Å². The molecule has 2 aromatic carbocycles. The number of aryl methyl sites for hydroxylation is 1. The summed E-state index contributed by atoms with van der Waals surface area (Å²) in [4.78, 5) is 5.23. The summed E-state index contributed by atoms with van der Waals surface area (Å²) in [5, 5.41) is 16.7. The lowest BCUT2D eigenvalue weighted by Crippen LogP contribution is -2.63. The van der Waals surface area contributed by atoms with E-state index in [1.165, 1.54) is 31.5 Å². The number of nitrogens with zero attached hydrogens (tertiary/aromatic N) is 3. The van der Waals surface area contributed by atoms with Crippen molar-refractivity contribution in [2.75, 3.05) is 52.4 Å². The van der Waals surface area contributed by atoms with Gasteiger partial charge in [-0.2, -0.15) is 0 Å². The zero-order valence-corrected chi connectivity index (χ0v) is 27.6. The molecule has 3 aromatic rings. The predicted molar refractivity (Wildman–Crippen MR) is 178 cm³/mol. The number of phenols is 1. The second-order valence-corrected chi connectivity index (χ2v) is 14.9. The first kappa shape index (κ1) is 32.0. The second-order valence-electron chi connectivity index (χ2n) is 14.9. The highest BCUT2D eigenvalue weighted by Gasteiger charge is 2.56. The van der Waals surface area contributed by atoms with Crippen LogP contribution in [0, 0.1) is 30.5 Å². The summed E-state index contributed by atoms with van der Waals surface area (Å²) in [7, 11) is 0. The van der Waals surface area contributed by atoms with Gasteiger partial charge in [-0.05, 0) is 126 Å². The average molecular weight is 634 g/mol. The summed E-state index contributed by atoms with van der Waals surface area (Å²) in [5.74, 6) is 1.91. The quantitative estimate of drug-likeness (QED) is 0.271. The van der Waals surface area contributed by atoms with Crippen LogP contribution in [0.2, 0.25) is 0 Å². The molecule has 0 amide bonds. The van der Waals surface area contributed by atoms with Crippen molar-refractivity contribution in [3.05, 3.63) is 58.5 Å². The SMILES string of the molecule is Cc1ccc2c(c1O)C[C@](C1CCN(CCC(C)c3noc4cc(F)ccc34)CC1)(C1CCN(CC3CC3)CC1)OC2(CN)CN. The van der Waals surface area contributed by atoms with Gasteiger partial charge in [-0.15, -0.1) is 0 Å². The molecule has 0 spiro atoms. The minimum absolute atomic E-state index is 0.204. The Morgan fingerprint density at radius 1 is 0.978 bits per heavy atom. The molecule has 250 valence electrons. The number of nitrogens with two attached hydrogens (primary N) is 2. The smallest absolute Gasteiger partial charge is 0.170 e. The number of piperidine rings is 2. The van der Waals surface area contributed by atoms with Crippen molar-refractivity contribution in [2.24, 2.45) is 29.2 Å². The number of benzene rings is 2. The molecule has 1 unspecified atom stereocenters. The van der Waals surface area contributed by atoms with Crippen LogP contribution in [0.5, 0.6) is 5.75 Å². The third-order valence-electron chi connectivity index (χ3n) is 12.1. The normalized spacial score (nSPS) is 25.6. The van der Waals surface area contributed by atoms with Gasteiger partial charge < -0.3 is 35.6 Å². The van der Waals surface area contributed by atoms with Gasteiger partial charge in [0, 0.05) is 49.0 Å². The van der Waals surface area contributed by atoms with E-state index >= 15 is 0 Å². The molecule has 2 saturated heterocycles. The standard InChI is InChI=1S/C37H52FN5O3/c1-24(34-30-7-6-29(38)19-33(30)45-41-34)9-14-42-15-10-27(11-16-42)37(28-12-17-43(18-13-28)21-26-4-5-26)20-31-32(8-3-25(2)35(31)44)36(22-39,23-40)46-37/h3,6-8,19,24,26-28,44H,4-5,9-18,20-23,39-40H2,1-2H3/t24?,37-/m0/s1. The van der Waals surface area contributed by atoms with Crippen molar-refractivity contribution in [3.8, 4) is 5.75 Å². The molecule has 7 rings (SSSR count). The van der Waals surface area contributed by atoms with E-state index in [0.29, 0.717) is 42.7 Å². The van der Waals surface area contributed by atoms with Crippen LogP contribution in [0.1, 0.15) is 80.2 Å². The maximum Gasteiger partial charge on any atom is 0.170 e. The van der Waals surface area contributed by atoms with E-state index in [1.54, 1.807) is 6.07 Å². The van der Waals surface area contributed by atoms with Crippen molar-refractivity contribution in [1.82, 2.24) is 15.0 Å². The van der Waals surface area contributed by atoms with Crippen LogP contribution in [-0.4, -0.2) is 78.0 Å². The number of phenolic OH excluding ortho intramolecular Hbond substituents is 1. The maximum atomic E-state index is 13.7. The first-order valence-electron chi connectivity index (χ1n) is 17.7. The third-order valence-corrected chi connectivity index (χ3v) is 12.1. The Hall–Kier alpha value is -2.56. The average Bonchev–Trinajstić information content (AvgIpc) is 3.80. The van der Waals surface area contributed by atoms with E-state index in [-0.39, 0.29) is 11.7 Å². The van der Waals surface area contributed by atoms with Crippen molar-refractivity contribution < 1.29 is 18.8 Å². The summed E-state index contributed by atoms with van der Waals surface area (Å²) >= 11 is 0. The summed E-state index contributed by atoms with van der Waals surface area (Å²) in [5.41, 5.74) is 16.2. The number of halogens is 1. The van der Waals surface area contributed by atoms with Gasteiger partial charge in [0.25, 0.3) is 0 Å². The maximum absolute atomic E-state index is 13.7. The highest BCUT2D eigenvalue weighted by molar-refractivity contribution is 5.79. The van der Waals surface area contributed by atoms with E-state index in [9.17, 15) is 9.50 Å². The molecule has 8 nitrogen and oxygen atoms in total. The first-order valence-corrected chi connectivity index (χ1v) is 17.7. The summed E-state index contributed by atoms with van der Waals surface area (Å²) in [6, 6.07) is 8.72. The zero-order chi connectivity index (χ0) is 32.1. The minimum Gasteiger partial charge on any atom is -0.507 e. The summed E-state index contributed by atoms with van der Waals surface area (Å²) in [6.07, 6.45) is 8.71. The lowest BCUT2D eigenvalue weighted by atomic mass is 9.63. The van der Waals surface area contributed by atoms with Gasteiger partial charge in [0.05, 0.1) is 11.3 Å². The largest absolute Gasteiger partial charge is 0.507 e. The number of hydrogen-bond donors (Lipinski definition) is 3.